The molecule has 4 aromatic rings. The van der Waals surface area contributed by atoms with Crippen LogP contribution in [0, 0.1) is 0 Å². The van der Waals surface area contributed by atoms with Gasteiger partial charge in [-0.3, -0.25) is 5.32 Å². The Labute approximate surface area is 207 Å². The van der Waals surface area contributed by atoms with Gasteiger partial charge in [0.25, 0.3) is 0 Å². The van der Waals surface area contributed by atoms with E-state index in [1.165, 1.54) is 16.1 Å². The van der Waals surface area contributed by atoms with Crippen molar-refractivity contribution in [2.24, 2.45) is 0 Å². The Hall–Kier alpha value is -3.42. The number of carbonyl (C=O) groups excluding carboxylic acids is 1. The topological polar surface area (TPSA) is 144 Å². The smallest absolute Gasteiger partial charge is 0.321 e. The van der Waals surface area contributed by atoms with Gasteiger partial charge in [-0.2, -0.15) is 4.80 Å². The number of hydrogen-bond acceptors (Lipinski definition) is 8. The van der Waals surface area contributed by atoms with E-state index in [-0.39, 0.29) is 17.0 Å². The van der Waals surface area contributed by atoms with E-state index < -0.39 is 10.0 Å². The molecule has 0 spiro atoms. The van der Waals surface area contributed by atoms with Crippen LogP contribution in [0.2, 0.25) is 0 Å². The van der Waals surface area contributed by atoms with Gasteiger partial charge in [-0.25, -0.2) is 22.9 Å². The van der Waals surface area contributed by atoms with Crippen LogP contribution < -0.4 is 15.4 Å². The molecular formula is C22H26N8O3S2. The number of anilines is 1. The first-order valence-corrected chi connectivity index (χ1v) is 13.4. The lowest BCUT2D eigenvalue weighted by Gasteiger charge is -2.07. The van der Waals surface area contributed by atoms with Crippen molar-refractivity contribution >= 4 is 42.7 Å². The monoisotopic (exact) mass is 514 g/mol. The molecule has 184 valence electrons. The average Bonchev–Trinajstić information content (AvgIpc) is 3.45. The van der Waals surface area contributed by atoms with Crippen LogP contribution >= 0.6 is 11.3 Å². The largest absolute Gasteiger partial charge is 0.337 e. The fourth-order valence-electron chi connectivity index (χ4n) is 3.28. The van der Waals surface area contributed by atoms with E-state index in [1.54, 1.807) is 25.1 Å². The van der Waals surface area contributed by atoms with E-state index >= 15 is 0 Å². The number of hydrogen-bond donors (Lipinski definition) is 3. The third-order valence-electron chi connectivity index (χ3n) is 4.99. The molecule has 0 fully saturated rings. The summed E-state index contributed by atoms with van der Waals surface area (Å²) in [6.45, 7) is 6.34. The second-order valence-electron chi connectivity index (χ2n) is 7.98. The van der Waals surface area contributed by atoms with E-state index in [1.807, 2.05) is 38.1 Å². The molecule has 4 rings (SSSR count). The lowest BCUT2D eigenvalue weighted by atomic mass is 10.1. The van der Waals surface area contributed by atoms with Crippen LogP contribution in [0.5, 0.6) is 0 Å². The summed E-state index contributed by atoms with van der Waals surface area (Å²) in [6, 6.07) is 12.2. The molecule has 0 atom stereocenters. The minimum atomic E-state index is -3.55. The lowest BCUT2D eigenvalue weighted by molar-refractivity contribution is 0.252. The summed E-state index contributed by atoms with van der Waals surface area (Å²) in [6.07, 6.45) is 0.464. The van der Waals surface area contributed by atoms with Crippen LogP contribution in [-0.2, 0) is 16.4 Å². The van der Waals surface area contributed by atoms with Gasteiger partial charge in [0.1, 0.15) is 0 Å². The third kappa shape index (κ3) is 5.99. The van der Waals surface area contributed by atoms with Crippen molar-refractivity contribution in [1.82, 2.24) is 35.2 Å². The molecule has 3 N–H and O–H groups in total. The highest BCUT2D eigenvalue weighted by Crippen LogP contribution is 2.31. The van der Waals surface area contributed by atoms with Crippen LogP contribution in [0.4, 0.5) is 9.93 Å². The van der Waals surface area contributed by atoms with E-state index in [2.05, 4.69) is 35.8 Å². The number of urea groups is 1. The molecule has 11 nitrogen and oxygen atoms in total. The van der Waals surface area contributed by atoms with Crippen molar-refractivity contribution < 1.29 is 13.2 Å². The predicted octanol–water partition coefficient (Wildman–Crippen LogP) is 3.19. The first-order chi connectivity index (χ1) is 16.7. The highest BCUT2D eigenvalue weighted by atomic mass is 32.2. The normalized spacial score (nSPS) is 11.8. The van der Waals surface area contributed by atoms with Gasteiger partial charge >= 0.3 is 6.03 Å². The maximum Gasteiger partial charge on any atom is 0.321 e. The van der Waals surface area contributed by atoms with Crippen molar-refractivity contribution in [3.8, 4) is 11.1 Å². The second kappa shape index (κ2) is 10.5. The van der Waals surface area contributed by atoms with Crippen LogP contribution in [0.1, 0.15) is 32.6 Å². The number of fused-ring (bicyclic) bond motifs is 1. The maximum atomic E-state index is 12.3. The third-order valence-corrected chi connectivity index (χ3v) is 7.46. The number of aromatic nitrogens is 5. The summed E-state index contributed by atoms with van der Waals surface area (Å²) < 4.78 is 28.1. The molecule has 2 amide bonds. The average molecular weight is 515 g/mol. The fraction of sp³-hybridized carbons (Fsp3) is 0.318. The van der Waals surface area contributed by atoms with Crippen molar-refractivity contribution in [2.75, 3.05) is 18.4 Å². The Morgan fingerprint density at radius 3 is 2.69 bits per heavy atom. The molecule has 2 heterocycles. The maximum absolute atomic E-state index is 12.3. The van der Waals surface area contributed by atoms with Crippen LogP contribution in [0.25, 0.3) is 21.3 Å². The standard InChI is InChI=1S/C22H26N8O3S2/c1-4-24-35(32,33)17-7-5-6-15(12-17)16-8-9-18-19(13-16)34-22(25-18)26-21(31)23-11-10-20-27-29-30(28-20)14(2)3/h5-9,12-14,24H,4,10-11H2,1-3H3,(H2,23,25,26,31). The second-order valence-corrected chi connectivity index (χ2v) is 10.8. The van der Waals surface area contributed by atoms with Crippen molar-refractivity contribution in [3.05, 3.63) is 48.3 Å². The summed E-state index contributed by atoms with van der Waals surface area (Å²) in [7, 11) is -3.55. The molecule has 0 aliphatic heterocycles. The first-order valence-electron chi connectivity index (χ1n) is 11.1. The molecule has 0 bridgehead atoms. The van der Waals surface area contributed by atoms with Crippen LogP contribution in [0.15, 0.2) is 47.4 Å². The number of sulfonamides is 1. The van der Waals surface area contributed by atoms with Gasteiger partial charge in [0, 0.05) is 19.5 Å². The molecule has 13 heteroatoms. The zero-order valence-corrected chi connectivity index (χ0v) is 21.2. The molecule has 0 saturated carbocycles. The highest BCUT2D eigenvalue weighted by Gasteiger charge is 2.14. The number of nitrogens with zero attached hydrogens (tertiary/aromatic N) is 5. The van der Waals surface area contributed by atoms with Crippen molar-refractivity contribution in [3.63, 3.8) is 0 Å². The Bertz CT molecular complexity index is 1450. The number of benzene rings is 2. The van der Waals surface area contributed by atoms with E-state index in [0.717, 1.165) is 21.3 Å². The molecule has 0 aliphatic carbocycles. The van der Waals surface area contributed by atoms with Crippen molar-refractivity contribution in [1.29, 1.82) is 0 Å². The zero-order valence-electron chi connectivity index (χ0n) is 19.5. The fourth-order valence-corrected chi connectivity index (χ4v) is 5.26. The summed E-state index contributed by atoms with van der Waals surface area (Å²) >= 11 is 1.34. The number of nitrogens with one attached hydrogen (secondary N) is 3. The molecule has 2 aromatic carbocycles. The Morgan fingerprint density at radius 2 is 1.94 bits per heavy atom. The minimum absolute atomic E-state index is 0.127. The zero-order chi connectivity index (χ0) is 25.0. The number of tetrazole rings is 1. The number of carbonyl (C=O) groups is 1. The molecule has 0 aliphatic rings. The summed E-state index contributed by atoms with van der Waals surface area (Å²) in [5.74, 6) is 0.564. The van der Waals surface area contributed by atoms with Crippen LogP contribution in [-0.4, -0.2) is 52.7 Å². The van der Waals surface area contributed by atoms with Gasteiger partial charge in [-0.05, 0) is 54.5 Å². The Morgan fingerprint density at radius 1 is 1.14 bits per heavy atom. The number of amides is 2. The van der Waals surface area contributed by atoms with Crippen LogP contribution in [0.3, 0.4) is 0 Å². The SMILES string of the molecule is CCNS(=O)(=O)c1cccc(-c2ccc3nc(NC(=O)NCCc4nnn(C(C)C)n4)sc3c2)c1. The summed E-state index contributed by atoms with van der Waals surface area (Å²) in [4.78, 5) is 18.5. The minimum Gasteiger partial charge on any atom is -0.337 e. The Balaban J connectivity index is 1.41. The predicted molar refractivity (Wildman–Crippen MR) is 135 cm³/mol. The molecular weight excluding hydrogens is 488 g/mol. The van der Waals surface area contributed by atoms with Crippen molar-refractivity contribution in [2.45, 2.75) is 38.1 Å². The lowest BCUT2D eigenvalue weighted by Crippen LogP contribution is -2.30. The quantitative estimate of drug-likeness (QED) is 0.311. The molecule has 0 radical (unpaired) electrons. The van der Waals surface area contributed by atoms with Gasteiger partial charge in [-0.15, -0.1) is 10.2 Å². The molecule has 2 aromatic heterocycles. The molecule has 0 saturated heterocycles. The number of rotatable bonds is 9. The van der Waals surface area contributed by atoms with Gasteiger partial charge in [0.15, 0.2) is 11.0 Å². The van der Waals surface area contributed by atoms with Gasteiger partial charge in [0.05, 0.1) is 21.2 Å². The van der Waals surface area contributed by atoms with Gasteiger partial charge in [-0.1, -0.05) is 36.5 Å². The molecule has 0 unspecified atom stereocenters. The van der Waals surface area contributed by atoms with E-state index in [0.29, 0.717) is 30.5 Å². The van der Waals surface area contributed by atoms with Gasteiger partial charge < -0.3 is 5.32 Å². The first kappa shape index (κ1) is 24.7. The molecule has 35 heavy (non-hydrogen) atoms. The highest BCUT2D eigenvalue weighted by molar-refractivity contribution is 7.89. The Kier molecular flexibility index (Phi) is 7.38. The van der Waals surface area contributed by atoms with Gasteiger partial charge in [0.2, 0.25) is 10.0 Å². The van der Waals surface area contributed by atoms with E-state index in [9.17, 15) is 13.2 Å². The number of thiazole rings is 1. The summed E-state index contributed by atoms with van der Waals surface area (Å²) in [5.41, 5.74) is 2.36. The van der Waals surface area contributed by atoms with E-state index in [4.69, 9.17) is 0 Å². The summed E-state index contributed by atoms with van der Waals surface area (Å²) in [5, 5.41) is 18.2.